The molecule has 0 saturated heterocycles. The number of alkyl halides is 2. The minimum atomic E-state index is -2.63. The van der Waals surface area contributed by atoms with E-state index in [-0.39, 0.29) is 0 Å². The molecule has 0 bridgehead atoms. The summed E-state index contributed by atoms with van der Waals surface area (Å²) in [5.74, 6) is 0.189. The first kappa shape index (κ1) is 25.1. The maximum Gasteiger partial charge on any atom is 0.255 e. The molecule has 188 valence electrons. The number of hydrogen-bond acceptors (Lipinski definition) is 7. The molecule has 3 aliphatic rings. The van der Waals surface area contributed by atoms with Crippen LogP contribution in [0.25, 0.3) is 11.1 Å². The summed E-state index contributed by atoms with van der Waals surface area (Å²) in [6, 6.07) is 1.95. The smallest absolute Gasteiger partial charge is 0.255 e. The van der Waals surface area contributed by atoms with Crippen molar-refractivity contribution in [2.45, 2.75) is 13.3 Å². The fourth-order valence-electron chi connectivity index (χ4n) is 4.14. The first-order valence-corrected chi connectivity index (χ1v) is 11.7. The van der Waals surface area contributed by atoms with Gasteiger partial charge in [0, 0.05) is 62.6 Å². The Labute approximate surface area is 208 Å². The van der Waals surface area contributed by atoms with E-state index >= 15 is 0 Å². The Morgan fingerprint density at radius 1 is 1.33 bits per heavy atom. The van der Waals surface area contributed by atoms with Crippen LogP contribution in [0, 0.1) is 0 Å². The average molecular weight is 494 g/mol. The second kappa shape index (κ2) is 11.6. The maximum atomic E-state index is 12.8. The Morgan fingerprint density at radius 3 is 2.97 bits per heavy atom. The van der Waals surface area contributed by atoms with Gasteiger partial charge in [-0.2, -0.15) is 0 Å². The molecule has 1 aromatic heterocycles. The van der Waals surface area contributed by atoms with Gasteiger partial charge >= 0.3 is 0 Å². The number of carbonyl (C=O) groups is 1. The number of fused-ring (bicyclic) bond motifs is 2. The highest BCUT2D eigenvalue weighted by Crippen LogP contribution is 2.39. The van der Waals surface area contributed by atoms with Crippen LogP contribution >= 0.6 is 0 Å². The fourth-order valence-corrected chi connectivity index (χ4v) is 4.14. The van der Waals surface area contributed by atoms with E-state index in [0.29, 0.717) is 24.4 Å². The van der Waals surface area contributed by atoms with Crippen molar-refractivity contribution in [2.75, 3.05) is 38.5 Å². The van der Waals surface area contributed by atoms with Gasteiger partial charge in [0.2, 0.25) is 0 Å². The van der Waals surface area contributed by atoms with Crippen molar-refractivity contribution in [3.8, 4) is 0 Å². The third-order valence-corrected chi connectivity index (χ3v) is 5.70. The normalized spacial score (nSPS) is 17.4. The highest BCUT2D eigenvalue weighted by atomic mass is 19.3. The van der Waals surface area contributed by atoms with Crippen LogP contribution in [-0.2, 0) is 4.79 Å². The molecular formula is C26H29F2N7O. The van der Waals surface area contributed by atoms with E-state index in [9.17, 15) is 13.6 Å². The van der Waals surface area contributed by atoms with Crippen LogP contribution in [0.1, 0.15) is 18.1 Å². The second-order valence-corrected chi connectivity index (χ2v) is 8.08. The lowest BCUT2D eigenvalue weighted by Crippen LogP contribution is -2.36. The van der Waals surface area contributed by atoms with Gasteiger partial charge in [0.05, 0.1) is 17.8 Å². The van der Waals surface area contributed by atoms with Crippen LogP contribution in [0.3, 0.4) is 0 Å². The molecule has 1 amide bonds. The van der Waals surface area contributed by atoms with E-state index in [1.54, 1.807) is 36.6 Å². The van der Waals surface area contributed by atoms with Crippen LogP contribution in [-0.4, -0.2) is 61.8 Å². The molecule has 10 heteroatoms. The number of hydrogen-bond donors (Lipinski definition) is 4. The van der Waals surface area contributed by atoms with Gasteiger partial charge in [0.25, 0.3) is 12.3 Å². The van der Waals surface area contributed by atoms with E-state index < -0.39 is 18.9 Å². The molecule has 0 aromatic carbocycles. The minimum absolute atomic E-state index is 0.300. The molecule has 0 fully saturated rings. The number of amides is 1. The largest absolute Gasteiger partial charge is 0.391 e. The third-order valence-electron chi connectivity index (χ3n) is 5.70. The number of aliphatic imine (C=N–C) groups is 1. The standard InChI is InChI=1S/C26H29F2N7O/c1-3-30-15-18(14-29-2)20-7-11-32-25-24(20)19(6-10-31-25)17-8-12-35-22(13-17)21(5-4-9-34-35)26(36)33-16-23(27)28/h4-8,11-15,23,30,34H,3,9-10,16H2,1-2H3,(H,31,32)(H,33,36)/b18-15+,29-14?. The number of carbonyl (C=O) groups excluding carboxylic acids is 1. The minimum Gasteiger partial charge on any atom is -0.391 e. The van der Waals surface area contributed by atoms with Crippen LogP contribution in [0.5, 0.6) is 0 Å². The Hall–Kier alpha value is -4.05. The molecule has 4 N–H and O–H groups in total. The summed E-state index contributed by atoms with van der Waals surface area (Å²) < 4.78 is 25.4. The quantitative estimate of drug-likeness (QED) is 0.416. The highest BCUT2D eigenvalue weighted by Gasteiger charge is 2.26. The van der Waals surface area contributed by atoms with Gasteiger partial charge in [-0.05, 0) is 47.9 Å². The first-order valence-electron chi connectivity index (χ1n) is 11.7. The Bertz CT molecular complexity index is 1220. The molecule has 0 unspecified atom stereocenters. The number of allylic oxidation sites excluding steroid dienone is 5. The second-order valence-electron chi connectivity index (χ2n) is 8.08. The lowest BCUT2D eigenvalue weighted by Gasteiger charge is -2.29. The number of pyridine rings is 1. The highest BCUT2D eigenvalue weighted by molar-refractivity contribution is 6.13. The van der Waals surface area contributed by atoms with Crippen molar-refractivity contribution in [3.63, 3.8) is 0 Å². The van der Waals surface area contributed by atoms with E-state index in [0.717, 1.165) is 40.2 Å². The SMILES string of the molecule is CCN/C=C(\C=NC)c1ccnc2c1C(C1=CC3=C(C(=O)NCC(F)F)C=CCNN3C=C1)=CCN2. The Kier molecular flexibility index (Phi) is 8.06. The number of hydrazine groups is 1. The van der Waals surface area contributed by atoms with Gasteiger partial charge in [0.15, 0.2) is 0 Å². The van der Waals surface area contributed by atoms with Crippen molar-refractivity contribution in [1.29, 1.82) is 0 Å². The number of nitrogens with zero attached hydrogens (tertiary/aromatic N) is 3. The molecule has 0 saturated carbocycles. The summed E-state index contributed by atoms with van der Waals surface area (Å²) >= 11 is 0. The van der Waals surface area contributed by atoms with Crippen molar-refractivity contribution in [3.05, 3.63) is 83.0 Å². The molecule has 4 heterocycles. The summed E-state index contributed by atoms with van der Waals surface area (Å²) in [4.78, 5) is 21.6. The van der Waals surface area contributed by atoms with Gasteiger partial charge in [-0.3, -0.25) is 14.8 Å². The topological polar surface area (TPSA) is 93.7 Å². The van der Waals surface area contributed by atoms with E-state index in [2.05, 4.69) is 37.4 Å². The molecule has 0 aliphatic carbocycles. The van der Waals surface area contributed by atoms with Crippen LogP contribution in [0.2, 0.25) is 0 Å². The number of halogens is 2. The van der Waals surface area contributed by atoms with E-state index in [1.165, 1.54) is 0 Å². The number of nitrogens with one attached hydrogen (secondary N) is 4. The van der Waals surface area contributed by atoms with Gasteiger partial charge in [-0.1, -0.05) is 12.2 Å². The summed E-state index contributed by atoms with van der Waals surface area (Å²) in [6.45, 7) is 3.15. The Morgan fingerprint density at radius 2 is 2.19 bits per heavy atom. The van der Waals surface area contributed by atoms with Crippen LogP contribution in [0.4, 0.5) is 14.6 Å². The molecule has 4 rings (SSSR count). The zero-order valence-electron chi connectivity index (χ0n) is 20.2. The summed E-state index contributed by atoms with van der Waals surface area (Å²) in [6.07, 6.45) is 14.0. The summed E-state index contributed by atoms with van der Waals surface area (Å²) in [5.41, 5.74) is 8.64. The number of rotatable bonds is 8. The number of aromatic nitrogens is 1. The van der Waals surface area contributed by atoms with Gasteiger partial charge in [-0.25, -0.2) is 19.2 Å². The van der Waals surface area contributed by atoms with Crippen LogP contribution < -0.4 is 21.4 Å². The molecule has 0 spiro atoms. The van der Waals surface area contributed by atoms with Crippen molar-refractivity contribution in [2.24, 2.45) is 4.99 Å². The lowest BCUT2D eigenvalue weighted by molar-refractivity contribution is -0.117. The zero-order chi connectivity index (χ0) is 25.5. The zero-order valence-corrected chi connectivity index (χ0v) is 20.2. The molecule has 0 atom stereocenters. The van der Waals surface area contributed by atoms with Crippen molar-refractivity contribution < 1.29 is 13.6 Å². The number of anilines is 1. The maximum absolute atomic E-state index is 12.8. The first-order chi connectivity index (χ1) is 17.5. The molecule has 1 aromatic rings. The third kappa shape index (κ3) is 5.44. The molecule has 0 radical (unpaired) electrons. The molecule has 3 aliphatic heterocycles. The predicted octanol–water partition coefficient (Wildman–Crippen LogP) is 3.01. The summed E-state index contributed by atoms with van der Waals surface area (Å²) in [7, 11) is 1.73. The molecule has 8 nitrogen and oxygen atoms in total. The van der Waals surface area contributed by atoms with Crippen molar-refractivity contribution >= 4 is 29.1 Å². The fraction of sp³-hybridized carbons (Fsp3) is 0.269. The van der Waals surface area contributed by atoms with Crippen LogP contribution in [0.15, 0.2) is 76.9 Å². The molecular weight excluding hydrogens is 464 g/mol. The average Bonchev–Trinajstić information content (AvgIpc) is 3.11. The Balaban J connectivity index is 1.80. The van der Waals surface area contributed by atoms with E-state index in [4.69, 9.17) is 0 Å². The van der Waals surface area contributed by atoms with Gasteiger partial charge in [0.1, 0.15) is 5.82 Å². The van der Waals surface area contributed by atoms with Gasteiger partial charge in [-0.15, -0.1) is 0 Å². The van der Waals surface area contributed by atoms with E-state index in [1.807, 2.05) is 37.5 Å². The van der Waals surface area contributed by atoms with Crippen molar-refractivity contribution in [1.82, 2.24) is 26.1 Å². The summed E-state index contributed by atoms with van der Waals surface area (Å²) in [5, 5.41) is 10.6. The predicted molar refractivity (Wildman–Crippen MR) is 139 cm³/mol. The monoisotopic (exact) mass is 493 g/mol. The lowest BCUT2D eigenvalue weighted by atomic mass is 9.88. The van der Waals surface area contributed by atoms with Gasteiger partial charge < -0.3 is 16.0 Å². The molecule has 36 heavy (non-hydrogen) atoms.